The van der Waals surface area contributed by atoms with E-state index in [0.29, 0.717) is 21.5 Å². The Labute approximate surface area is 129 Å². The molecule has 1 fully saturated rings. The van der Waals surface area contributed by atoms with Crippen molar-refractivity contribution in [1.82, 2.24) is 10.2 Å². The van der Waals surface area contributed by atoms with Gasteiger partial charge in [0, 0.05) is 28.7 Å². The summed E-state index contributed by atoms with van der Waals surface area (Å²) >= 11 is 11.8. The molecule has 1 atom stereocenters. The summed E-state index contributed by atoms with van der Waals surface area (Å²) in [6, 6.07) is 4.97. The van der Waals surface area contributed by atoms with Crippen molar-refractivity contribution in [2.24, 2.45) is 5.92 Å². The first kappa shape index (κ1) is 16.6. The molecule has 0 saturated carbocycles. The predicted octanol–water partition coefficient (Wildman–Crippen LogP) is 3.10. The average molecular weight is 324 g/mol. The number of hydrogen-bond donors (Lipinski definition) is 1. The summed E-state index contributed by atoms with van der Waals surface area (Å²) in [5.74, 6) is 0.548. The molecule has 1 aliphatic heterocycles. The Kier molecular flexibility index (Phi) is 6.40. The van der Waals surface area contributed by atoms with Gasteiger partial charge < -0.3 is 10.2 Å². The van der Waals surface area contributed by atoms with Gasteiger partial charge in [0.2, 0.25) is 0 Å². The van der Waals surface area contributed by atoms with E-state index in [1.165, 1.54) is 0 Å². The summed E-state index contributed by atoms with van der Waals surface area (Å²) in [5, 5.41) is 4.14. The molecule has 1 amide bonds. The van der Waals surface area contributed by atoms with Crippen molar-refractivity contribution < 1.29 is 4.79 Å². The zero-order valence-corrected chi connectivity index (χ0v) is 13.0. The minimum atomic E-state index is 0. The molecule has 1 aliphatic rings. The number of carbonyl (C=O) groups is 1. The lowest BCUT2D eigenvalue weighted by molar-refractivity contribution is 0.0787. The predicted molar refractivity (Wildman–Crippen MR) is 81.6 cm³/mol. The van der Waals surface area contributed by atoms with Crippen LogP contribution in [0.15, 0.2) is 18.2 Å². The van der Waals surface area contributed by atoms with Gasteiger partial charge in [-0.05, 0) is 44.1 Å². The number of amides is 1. The van der Waals surface area contributed by atoms with Gasteiger partial charge in [-0.25, -0.2) is 0 Å². The second-order valence-corrected chi connectivity index (χ2v) is 5.49. The van der Waals surface area contributed by atoms with E-state index < -0.39 is 0 Å². The molecule has 0 radical (unpaired) electrons. The maximum atomic E-state index is 12.3. The molecule has 1 aromatic carbocycles. The fraction of sp³-hybridized carbons (Fsp3) is 0.462. The molecule has 6 heteroatoms. The molecule has 1 aromatic rings. The van der Waals surface area contributed by atoms with Crippen LogP contribution in [0.25, 0.3) is 0 Å². The van der Waals surface area contributed by atoms with E-state index in [4.69, 9.17) is 23.2 Å². The molecule has 1 heterocycles. The van der Waals surface area contributed by atoms with Crippen molar-refractivity contribution in [3.05, 3.63) is 33.8 Å². The molecule has 1 N–H and O–H groups in total. The number of carbonyl (C=O) groups excluding carboxylic acids is 1. The van der Waals surface area contributed by atoms with Gasteiger partial charge in [-0.1, -0.05) is 23.2 Å². The molecule has 0 bridgehead atoms. The van der Waals surface area contributed by atoms with Crippen LogP contribution in [0.2, 0.25) is 10.0 Å². The van der Waals surface area contributed by atoms with Gasteiger partial charge in [0.05, 0.1) is 0 Å². The Morgan fingerprint density at radius 2 is 2.00 bits per heavy atom. The maximum absolute atomic E-state index is 12.3. The van der Waals surface area contributed by atoms with Crippen molar-refractivity contribution in [3.8, 4) is 0 Å². The Bertz CT molecular complexity index is 433. The highest BCUT2D eigenvalue weighted by Gasteiger charge is 2.26. The number of rotatable bonds is 3. The van der Waals surface area contributed by atoms with Crippen molar-refractivity contribution in [2.75, 3.05) is 26.7 Å². The topological polar surface area (TPSA) is 32.3 Å². The van der Waals surface area contributed by atoms with Crippen molar-refractivity contribution >= 4 is 41.5 Å². The van der Waals surface area contributed by atoms with Crippen LogP contribution < -0.4 is 5.32 Å². The maximum Gasteiger partial charge on any atom is 0.253 e. The molecule has 0 spiro atoms. The molecular weight excluding hydrogens is 307 g/mol. The summed E-state index contributed by atoms with van der Waals surface area (Å²) in [5.41, 5.74) is 0.567. The Morgan fingerprint density at radius 3 is 2.58 bits per heavy atom. The largest absolute Gasteiger partial charge is 0.338 e. The van der Waals surface area contributed by atoms with Crippen LogP contribution in [0.3, 0.4) is 0 Å². The second kappa shape index (κ2) is 7.34. The van der Waals surface area contributed by atoms with E-state index in [1.54, 1.807) is 18.2 Å². The number of halogens is 3. The van der Waals surface area contributed by atoms with Crippen LogP contribution in [-0.4, -0.2) is 37.5 Å². The second-order valence-electron chi connectivity index (χ2n) is 4.62. The van der Waals surface area contributed by atoms with E-state index in [1.807, 2.05) is 11.9 Å². The normalized spacial score (nSPS) is 18.3. The van der Waals surface area contributed by atoms with Crippen LogP contribution in [0.4, 0.5) is 0 Å². The highest BCUT2D eigenvalue weighted by atomic mass is 35.5. The number of hydrogen-bond acceptors (Lipinski definition) is 2. The smallest absolute Gasteiger partial charge is 0.253 e. The van der Waals surface area contributed by atoms with E-state index in [2.05, 4.69) is 5.32 Å². The van der Waals surface area contributed by atoms with Gasteiger partial charge in [0.1, 0.15) is 0 Å². The lowest BCUT2D eigenvalue weighted by Gasteiger charge is -2.17. The Hall–Kier alpha value is -0.480. The van der Waals surface area contributed by atoms with Gasteiger partial charge in [-0.2, -0.15) is 0 Å². The van der Waals surface area contributed by atoms with Gasteiger partial charge in [0.15, 0.2) is 0 Å². The first-order chi connectivity index (χ1) is 8.60. The van der Waals surface area contributed by atoms with Gasteiger partial charge >= 0.3 is 0 Å². The first-order valence-corrected chi connectivity index (χ1v) is 6.75. The minimum absolute atomic E-state index is 0. The molecule has 1 saturated heterocycles. The summed E-state index contributed by atoms with van der Waals surface area (Å²) < 4.78 is 0. The van der Waals surface area contributed by atoms with Crippen molar-refractivity contribution in [3.63, 3.8) is 0 Å². The van der Waals surface area contributed by atoms with Crippen LogP contribution in [0.5, 0.6) is 0 Å². The van der Waals surface area contributed by atoms with E-state index >= 15 is 0 Å². The molecular formula is C13H17Cl3N2O. The number of nitrogens with one attached hydrogen (secondary N) is 1. The molecule has 1 unspecified atom stereocenters. The lowest BCUT2D eigenvalue weighted by atomic mass is 10.1. The van der Waals surface area contributed by atoms with Gasteiger partial charge in [-0.3, -0.25) is 4.79 Å². The zero-order valence-electron chi connectivity index (χ0n) is 10.7. The van der Waals surface area contributed by atoms with E-state index in [-0.39, 0.29) is 18.3 Å². The number of likely N-dealkylation sites (tertiary alicyclic amines) is 1. The van der Waals surface area contributed by atoms with Crippen LogP contribution in [0, 0.1) is 5.92 Å². The highest BCUT2D eigenvalue weighted by Crippen LogP contribution is 2.23. The Balaban J connectivity index is 0.00000180. The first-order valence-electron chi connectivity index (χ1n) is 6.00. The molecule has 0 aliphatic carbocycles. The summed E-state index contributed by atoms with van der Waals surface area (Å²) in [4.78, 5) is 14.2. The van der Waals surface area contributed by atoms with Gasteiger partial charge in [0.25, 0.3) is 5.91 Å². The van der Waals surface area contributed by atoms with Crippen LogP contribution in [0.1, 0.15) is 16.8 Å². The molecule has 3 nitrogen and oxygen atoms in total. The third-order valence-corrected chi connectivity index (χ3v) is 3.61. The fourth-order valence-electron chi connectivity index (χ4n) is 2.33. The molecule has 106 valence electrons. The third kappa shape index (κ3) is 4.25. The van der Waals surface area contributed by atoms with Gasteiger partial charge in [-0.15, -0.1) is 12.4 Å². The lowest BCUT2D eigenvalue weighted by Crippen LogP contribution is -2.30. The minimum Gasteiger partial charge on any atom is -0.338 e. The molecule has 2 rings (SSSR count). The highest BCUT2D eigenvalue weighted by molar-refractivity contribution is 6.35. The number of benzene rings is 1. The quantitative estimate of drug-likeness (QED) is 0.927. The summed E-state index contributed by atoms with van der Waals surface area (Å²) in [6.45, 7) is 2.54. The summed E-state index contributed by atoms with van der Waals surface area (Å²) in [6.07, 6.45) is 1.04. The van der Waals surface area contributed by atoms with Crippen LogP contribution >= 0.6 is 35.6 Å². The SMILES string of the molecule is CNCC1CCN(C(=O)c2cc(Cl)cc(Cl)c2)C1.Cl. The average Bonchev–Trinajstić information content (AvgIpc) is 2.76. The van der Waals surface area contributed by atoms with Crippen LogP contribution in [-0.2, 0) is 0 Å². The van der Waals surface area contributed by atoms with Crippen molar-refractivity contribution in [1.29, 1.82) is 0 Å². The van der Waals surface area contributed by atoms with E-state index in [9.17, 15) is 4.79 Å². The molecule has 0 aromatic heterocycles. The van der Waals surface area contributed by atoms with Crippen molar-refractivity contribution in [2.45, 2.75) is 6.42 Å². The monoisotopic (exact) mass is 322 g/mol. The standard InChI is InChI=1S/C13H16Cl2N2O.ClH/c1-16-7-9-2-3-17(8-9)13(18)10-4-11(14)6-12(15)5-10;/h4-6,9,16H,2-3,7-8H2,1H3;1H. The fourth-order valence-corrected chi connectivity index (χ4v) is 2.86. The molecule has 19 heavy (non-hydrogen) atoms. The Morgan fingerprint density at radius 1 is 1.37 bits per heavy atom. The third-order valence-electron chi connectivity index (χ3n) is 3.18. The summed E-state index contributed by atoms with van der Waals surface area (Å²) in [7, 11) is 1.93. The van der Waals surface area contributed by atoms with E-state index in [0.717, 1.165) is 26.1 Å². The number of nitrogens with zero attached hydrogens (tertiary/aromatic N) is 1. The zero-order chi connectivity index (χ0) is 13.1.